The molecular weight excluding hydrogens is 388 g/mol. The smallest absolute Gasteiger partial charge is 0.305 e. The molecule has 1 unspecified atom stereocenters. The summed E-state index contributed by atoms with van der Waals surface area (Å²) in [4.78, 5) is 11.4. The second-order valence-electron chi connectivity index (χ2n) is 7.51. The average Bonchev–Trinajstić information content (AvgIpc) is 3.00. The van der Waals surface area contributed by atoms with E-state index in [1.807, 2.05) is 19.1 Å². The number of aromatic nitrogens is 1. The summed E-state index contributed by atoms with van der Waals surface area (Å²) in [6.45, 7) is 2.74. The Morgan fingerprint density at radius 1 is 1.17 bits per heavy atom. The molecule has 3 aromatic rings. The van der Waals surface area contributed by atoms with Crippen molar-refractivity contribution in [1.82, 2.24) is 9.29 Å². The number of carboxylic acids is 1. The number of sulfonamides is 1. The SMILES string of the molecule is Cc1c2c3c(cccc3n1CCC(=O)O)CCC2CNS(=O)(=O)c1ccccc1. The van der Waals surface area contributed by atoms with Gasteiger partial charge in [0.15, 0.2) is 0 Å². The molecule has 0 aliphatic heterocycles. The summed E-state index contributed by atoms with van der Waals surface area (Å²) >= 11 is 0. The standard InChI is InChI=1S/C22H24N2O4S/c1-15-21-17(14-23-29(27,28)18-7-3-2-4-8-18)11-10-16-6-5-9-19(22(16)21)24(15)13-12-20(25)26/h2-9,17,23H,10-14H2,1H3,(H,25,26). The van der Waals surface area contributed by atoms with Crippen molar-refractivity contribution in [3.8, 4) is 0 Å². The number of aliphatic carboxylic acids is 1. The molecule has 1 atom stereocenters. The van der Waals surface area contributed by atoms with Crippen molar-refractivity contribution >= 4 is 26.9 Å². The van der Waals surface area contributed by atoms with Crippen molar-refractivity contribution in [2.24, 2.45) is 0 Å². The molecule has 1 aliphatic carbocycles. The zero-order valence-electron chi connectivity index (χ0n) is 16.3. The summed E-state index contributed by atoms with van der Waals surface area (Å²) in [6.07, 6.45) is 1.79. The highest BCUT2D eigenvalue weighted by Gasteiger charge is 2.28. The lowest BCUT2D eigenvalue weighted by Crippen LogP contribution is -2.30. The van der Waals surface area contributed by atoms with Crippen LogP contribution in [0.5, 0.6) is 0 Å². The van der Waals surface area contributed by atoms with Crippen LogP contribution in [0.3, 0.4) is 0 Å². The van der Waals surface area contributed by atoms with Gasteiger partial charge in [-0.25, -0.2) is 13.1 Å². The number of carboxylic acid groups (broad SMARTS) is 1. The number of carbonyl (C=O) groups is 1. The molecular formula is C22H24N2O4S. The molecule has 0 bridgehead atoms. The predicted octanol–water partition coefficient (Wildman–Crippen LogP) is 3.43. The van der Waals surface area contributed by atoms with Crippen LogP contribution in [0.2, 0.25) is 0 Å². The zero-order chi connectivity index (χ0) is 20.6. The zero-order valence-corrected chi connectivity index (χ0v) is 17.1. The molecule has 1 aliphatic rings. The molecule has 0 fully saturated rings. The maximum Gasteiger partial charge on any atom is 0.305 e. The van der Waals surface area contributed by atoms with E-state index in [1.54, 1.807) is 30.3 Å². The van der Waals surface area contributed by atoms with E-state index in [0.717, 1.165) is 35.0 Å². The van der Waals surface area contributed by atoms with Crippen molar-refractivity contribution in [2.45, 2.75) is 43.5 Å². The van der Waals surface area contributed by atoms with Crippen molar-refractivity contribution in [1.29, 1.82) is 0 Å². The third-order valence-corrected chi connectivity index (χ3v) is 7.22. The first kappa shape index (κ1) is 19.7. The van der Waals surface area contributed by atoms with Gasteiger partial charge in [-0.2, -0.15) is 0 Å². The fourth-order valence-corrected chi connectivity index (χ4v) is 5.51. The van der Waals surface area contributed by atoms with Crippen LogP contribution in [0.25, 0.3) is 10.9 Å². The Kier molecular flexibility index (Phi) is 5.19. The third-order valence-electron chi connectivity index (χ3n) is 5.78. The molecule has 1 heterocycles. The Labute approximate surface area is 170 Å². The number of hydrogen-bond acceptors (Lipinski definition) is 3. The largest absolute Gasteiger partial charge is 0.481 e. The lowest BCUT2D eigenvalue weighted by molar-refractivity contribution is -0.137. The monoisotopic (exact) mass is 412 g/mol. The minimum Gasteiger partial charge on any atom is -0.481 e. The summed E-state index contributed by atoms with van der Waals surface area (Å²) in [5.74, 6) is -0.775. The van der Waals surface area contributed by atoms with Gasteiger partial charge >= 0.3 is 5.97 Å². The van der Waals surface area contributed by atoms with E-state index < -0.39 is 16.0 Å². The number of rotatable bonds is 7. The van der Waals surface area contributed by atoms with Crippen LogP contribution < -0.4 is 4.72 Å². The van der Waals surface area contributed by atoms with Crippen LogP contribution in [-0.2, 0) is 27.8 Å². The number of benzene rings is 2. The quantitative estimate of drug-likeness (QED) is 0.622. The second-order valence-corrected chi connectivity index (χ2v) is 9.27. The van der Waals surface area contributed by atoms with Crippen LogP contribution in [0.1, 0.15) is 35.6 Å². The molecule has 7 heteroatoms. The molecule has 4 rings (SSSR count). The predicted molar refractivity (Wildman–Crippen MR) is 112 cm³/mol. The molecule has 0 radical (unpaired) electrons. The van der Waals surface area contributed by atoms with E-state index in [4.69, 9.17) is 5.11 Å². The fourth-order valence-electron chi connectivity index (χ4n) is 4.40. The van der Waals surface area contributed by atoms with Gasteiger partial charge in [0.1, 0.15) is 0 Å². The molecule has 6 nitrogen and oxygen atoms in total. The van der Waals surface area contributed by atoms with Crippen molar-refractivity contribution in [3.63, 3.8) is 0 Å². The number of hydrogen-bond donors (Lipinski definition) is 2. The normalized spacial score (nSPS) is 16.2. The van der Waals surface area contributed by atoms with Crippen molar-refractivity contribution < 1.29 is 18.3 Å². The highest BCUT2D eigenvalue weighted by atomic mass is 32.2. The summed E-state index contributed by atoms with van der Waals surface area (Å²) in [7, 11) is -3.57. The lowest BCUT2D eigenvalue weighted by atomic mass is 9.83. The van der Waals surface area contributed by atoms with Crippen molar-refractivity contribution in [2.75, 3.05) is 6.54 Å². The molecule has 29 heavy (non-hydrogen) atoms. The van der Waals surface area contributed by atoms with Gasteiger partial charge in [-0.05, 0) is 49.1 Å². The third kappa shape index (κ3) is 3.68. The minimum absolute atomic E-state index is 0.0527. The van der Waals surface area contributed by atoms with E-state index >= 15 is 0 Å². The first-order valence-electron chi connectivity index (χ1n) is 9.75. The molecule has 0 spiro atoms. The maximum atomic E-state index is 12.6. The van der Waals surface area contributed by atoms with E-state index in [0.29, 0.717) is 13.1 Å². The lowest BCUT2D eigenvalue weighted by Gasteiger charge is -2.24. The van der Waals surface area contributed by atoms with Crippen LogP contribution in [0, 0.1) is 6.92 Å². The fraction of sp³-hybridized carbons (Fsp3) is 0.318. The Balaban J connectivity index is 1.67. The van der Waals surface area contributed by atoms with Crippen LogP contribution in [-0.4, -0.2) is 30.6 Å². The summed E-state index contributed by atoms with van der Waals surface area (Å²) < 4.78 is 30.1. The first-order valence-corrected chi connectivity index (χ1v) is 11.2. The van der Waals surface area contributed by atoms with Gasteiger partial charge in [0.25, 0.3) is 0 Å². The van der Waals surface area contributed by atoms with Gasteiger partial charge in [0.05, 0.1) is 11.3 Å². The summed E-state index contributed by atoms with van der Waals surface area (Å²) in [6, 6.07) is 14.5. The van der Waals surface area contributed by atoms with E-state index in [-0.39, 0.29) is 17.2 Å². The maximum absolute atomic E-state index is 12.6. The summed E-state index contributed by atoms with van der Waals surface area (Å²) in [5.41, 5.74) is 4.45. The highest BCUT2D eigenvalue weighted by Crippen LogP contribution is 2.40. The van der Waals surface area contributed by atoms with Gasteiger partial charge in [-0.3, -0.25) is 4.79 Å². The van der Waals surface area contributed by atoms with E-state index in [9.17, 15) is 13.2 Å². The molecule has 2 N–H and O–H groups in total. The van der Waals surface area contributed by atoms with Crippen molar-refractivity contribution in [3.05, 3.63) is 65.4 Å². The minimum atomic E-state index is -3.57. The number of aryl methyl sites for hydroxylation is 2. The van der Waals surface area contributed by atoms with E-state index in [2.05, 4.69) is 15.4 Å². The van der Waals surface area contributed by atoms with Crippen LogP contribution in [0.4, 0.5) is 0 Å². The average molecular weight is 413 g/mol. The van der Waals surface area contributed by atoms with Gasteiger partial charge in [0, 0.05) is 35.6 Å². The molecule has 1 aromatic heterocycles. The molecule has 0 saturated carbocycles. The van der Waals surface area contributed by atoms with Gasteiger partial charge in [0.2, 0.25) is 10.0 Å². The molecule has 152 valence electrons. The highest BCUT2D eigenvalue weighted by molar-refractivity contribution is 7.89. The molecule has 0 amide bonds. The molecule has 2 aromatic carbocycles. The first-order chi connectivity index (χ1) is 13.9. The van der Waals surface area contributed by atoms with Gasteiger partial charge < -0.3 is 9.67 Å². The van der Waals surface area contributed by atoms with Gasteiger partial charge in [-0.1, -0.05) is 30.3 Å². The number of nitrogens with zero attached hydrogens (tertiary/aromatic N) is 1. The second kappa shape index (κ2) is 7.65. The Morgan fingerprint density at radius 2 is 1.93 bits per heavy atom. The van der Waals surface area contributed by atoms with E-state index in [1.165, 1.54) is 5.56 Å². The summed E-state index contributed by atoms with van der Waals surface area (Å²) in [5, 5.41) is 10.3. The Morgan fingerprint density at radius 3 is 2.66 bits per heavy atom. The van der Waals surface area contributed by atoms with Crippen LogP contribution in [0.15, 0.2) is 53.4 Å². The molecule has 0 saturated heterocycles. The van der Waals surface area contributed by atoms with Gasteiger partial charge in [-0.15, -0.1) is 0 Å². The Hall–Kier alpha value is -2.64. The topological polar surface area (TPSA) is 88.4 Å². The Bertz CT molecular complexity index is 1170. The van der Waals surface area contributed by atoms with Crippen LogP contribution >= 0.6 is 0 Å². The number of nitrogens with one attached hydrogen (secondary N) is 1.